The van der Waals surface area contributed by atoms with E-state index >= 15 is 0 Å². The van der Waals surface area contributed by atoms with Crippen LogP contribution in [0.2, 0.25) is 0 Å². The Labute approximate surface area is 233 Å². The van der Waals surface area contributed by atoms with E-state index in [9.17, 15) is 4.79 Å². The molecule has 2 aromatic heterocycles. The van der Waals surface area contributed by atoms with E-state index in [1.165, 1.54) is 22.5 Å². The molecule has 2 heterocycles. The molecule has 0 saturated heterocycles. The van der Waals surface area contributed by atoms with Gasteiger partial charge in [-0.05, 0) is 56.0 Å². The zero-order valence-corrected chi connectivity index (χ0v) is 23.5. The van der Waals surface area contributed by atoms with E-state index in [4.69, 9.17) is 10.1 Å². The fraction of sp³-hybridized carbons (Fsp3) is 0.167. The molecule has 3 aromatic carbocycles. The Hall–Kier alpha value is -3.75. The first-order valence-electron chi connectivity index (χ1n) is 12.5. The monoisotopic (exact) mass is 583 g/mol. The van der Waals surface area contributed by atoms with E-state index in [-0.39, 0.29) is 5.56 Å². The lowest BCUT2D eigenvalue weighted by Gasteiger charge is -2.18. The van der Waals surface area contributed by atoms with E-state index in [2.05, 4.69) is 57.7 Å². The molecule has 190 valence electrons. The lowest BCUT2D eigenvalue weighted by atomic mass is 9.90. The highest BCUT2D eigenvalue weighted by Crippen LogP contribution is 2.26. The number of aryl methyl sites for hydroxylation is 1. The fourth-order valence-corrected chi connectivity index (χ4v) is 6.00. The SMILES string of the molecule is Cc1c(N=c2scc(-c3ccc(Br)cc3)n2N=C2CCCc3ccccc32)c(=O)n(-c2ccccc2)n1C. The average molecular weight is 585 g/mol. The highest BCUT2D eigenvalue weighted by molar-refractivity contribution is 9.10. The third-order valence-electron chi connectivity index (χ3n) is 6.97. The molecule has 0 saturated carbocycles. The predicted molar refractivity (Wildman–Crippen MR) is 158 cm³/mol. The van der Waals surface area contributed by atoms with Gasteiger partial charge < -0.3 is 0 Å². The van der Waals surface area contributed by atoms with Crippen LogP contribution in [0.15, 0.2) is 104 Å². The van der Waals surface area contributed by atoms with E-state index in [0.29, 0.717) is 10.5 Å². The summed E-state index contributed by atoms with van der Waals surface area (Å²) in [4.78, 5) is 19.2. The molecule has 0 spiro atoms. The molecular formula is C30H26BrN5OS. The van der Waals surface area contributed by atoms with Crippen molar-refractivity contribution >= 4 is 38.7 Å². The van der Waals surface area contributed by atoms with Crippen molar-refractivity contribution < 1.29 is 0 Å². The molecule has 0 aliphatic heterocycles. The van der Waals surface area contributed by atoms with Gasteiger partial charge in [0.1, 0.15) is 0 Å². The van der Waals surface area contributed by atoms with Crippen LogP contribution in [0, 0.1) is 6.92 Å². The van der Waals surface area contributed by atoms with Gasteiger partial charge in [0.05, 0.1) is 22.8 Å². The van der Waals surface area contributed by atoms with Gasteiger partial charge in [0.25, 0.3) is 5.56 Å². The second-order valence-electron chi connectivity index (χ2n) is 9.30. The Kier molecular flexibility index (Phi) is 6.59. The second-order valence-corrected chi connectivity index (χ2v) is 11.1. The van der Waals surface area contributed by atoms with E-state index < -0.39 is 0 Å². The predicted octanol–water partition coefficient (Wildman–Crippen LogP) is 6.60. The van der Waals surface area contributed by atoms with Gasteiger partial charge in [0.2, 0.25) is 4.80 Å². The zero-order chi connectivity index (χ0) is 26.2. The number of rotatable bonds is 4. The summed E-state index contributed by atoms with van der Waals surface area (Å²) in [6.45, 7) is 1.93. The van der Waals surface area contributed by atoms with Crippen molar-refractivity contribution in [2.24, 2.45) is 17.1 Å². The van der Waals surface area contributed by atoms with Crippen LogP contribution in [0.4, 0.5) is 5.69 Å². The summed E-state index contributed by atoms with van der Waals surface area (Å²) in [5, 5.41) is 7.25. The minimum Gasteiger partial charge on any atom is -0.283 e. The average Bonchev–Trinajstić information content (AvgIpc) is 3.43. The third kappa shape index (κ3) is 4.44. The maximum atomic E-state index is 13.6. The number of halogens is 1. The summed E-state index contributed by atoms with van der Waals surface area (Å²) >= 11 is 5.03. The van der Waals surface area contributed by atoms with E-state index in [1.807, 2.05) is 65.8 Å². The van der Waals surface area contributed by atoms with E-state index in [0.717, 1.165) is 52.1 Å². The molecule has 0 N–H and O–H groups in total. The number of hydrogen-bond acceptors (Lipinski definition) is 4. The Morgan fingerprint density at radius 3 is 2.45 bits per heavy atom. The lowest BCUT2D eigenvalue weighted by Crippen LogP contribution is -2.20. The standard InChI is InChI=1S/C30H26BrN5OS/c1-20-28(29(37)36(34(20)2)24-11-4-3-5-12-24)32-30-35(27(19-38-30)22-15-17-23(31)18-16-22)33-26-14-8-10-21-9-6-7-13-25(21)26/h3-7,9,11-13,15-19H,8,10,14H2,1-2H3. The summed E-state index contributed by atoms with van der Waals surface area (Å²) < 4.78 is 6.43. The van der Waals surface area contributed by atoms with Gasteiger partial charge in [-0.3, -0.25) is 9.48 Å². The molecule has 0 fully saturated rings. The Balaban J connectivity index is 1.57. The first kappa shape index (κ1) is 24.6. The van der Waals surface area contributed by atoms with Gasteiger partial charge in [0, 0.05) is 28.0 Å². The maximum Gasteiger partial charge on any atom is 0.297 e. The Morgan fingerprint density at radius 1 is 0.921 bits per heavy atom. The molecule has 8 heteroatoms. The highest BCUT2D eigenvalue weighted by atomic mass is 79.9. The van der Waals surface area contributed by atoms with Crippen LogP contribution in [0.5, 0.6) is 0 Å². The fourth-order valence-electron chi connectivity index (χ4n) is 4.90. The topological polar surface area (TPSA) is 56.6 Å². The van der Waals surface area contributed by atoms with Gasteiger partial charge in [-0.2, -0.15) is 5.10 Å². The van der Waals surface area contributed by atoms with Crippen molar-refractivity contribution in [3.63, 3.8) is 0 Å². The van der Waals surface area contributed by atoms with Crippen LogP contribution in [0.3, 0.4) is 0 Å². The van der Waals surface area contributed by atoms with Crippen molar-refractivity contribution in [3.8, 4) is 16.9 Å². The minimum atomic E-state index is -0.156. The molecule has 0 unspecified atom stereocenters. The molecule has 1 aliphatic carbocycles. The zero-order valence-electron chi connectivity index (χ0n) is 21.1. The second kappa shape index (κ2) is 10.2. The number of nitrogens with zero attached hydrogens (tertiary/aromatic N) is 5. The Morgan fingerprint density at radius 2 is 1.66 bits per heavy atom. The molecule has 1 aliphatic rings. The maximum absolute atomic E-state index is 13.6. The van der Waals surface area contributed by atoms with Crippen LogP contribution in [0.25, 0.3) is 16.9 Å². The number of hydrogen-bond donors (Lipinski definition) is 0. The summed E-state index contributed by atoms with van der Waals surface area (Å²) in [6.07, 6.45) is 3.01. The van der Waals surface area contributed by atoms with Crippen LogP contribution >= 0.6 is 27.3 Å². The van der Waals surface area contributed by atoms with Crippen molar-refractivity contribution in [1.29, 1.82) is 0 Å². The number of para-hydroxylation sites is 1. The van der Waals surface area contributed by atoms with Crippen molar-refractivity contribution in [2.45, 2.75) is 26.2 Å². The van der Waals surface area contributed by atoms with Crippen molar-refractivity contribution in [1.82, 2.24) is 14.0 Å². The number of aromatic nitrogens is 3. The molecular weight excluding hydrogens is 558 g/mol. The molecule has 6 nitrogen and oxygen atoms in total. The molecule has 6 rings (SSSR count). The molecule has 0 bridgehead atoms. The highest BCUT2D eigenvalue weighted by Gasteiger charge is 2.19. The van der Waals surface area contributed by atoms with Crippen LogP contribution in [-0.4, -0.2) is 19.8 Å². The third-order valence-corrected chi connectivity index (χ3v) is 8.31. The van der Waals surface area contributed by atoms with Crippen molar-refractivity contribution in [2.75, 3.05) is 0 Å². The van der Waals surface area contributed by atoms with Crippen molar-refractivity contribution in [3.05, 3.63) is 121 Å². The lowest BCUT2D eigenvalue weighted by molar-refractivity contribution is 0.630. The molecule has 0 radical (unpaired) electrons. The van der Waals surface area contributed by atoms with E-state index in [1.54, 1.807) is 4.68 Å². The summed E-state index contributed by atoms with van der Waals surface area (Å²) in [5.74, 6) is 0. The Bertz CT molecular complexity index is 1790. The first-order chi connectivity index (χ1) is 18.5. The van der Waals surface area contributed by atoms with Gasteiger partial charge in [0.15, 0.2) is 5.69 Å². The number of fused-ring (bicyclic) bond motifs is 1. The minimum absolute atomic E-state index is 0.156. The molecule has 0 amide bonds. The first-order valence-corrected chi connectivity index (χ1v) is 14.2. The summed E-state index contributed by atoms with van der Waals surface area (Å²) in [6, 6.07) is 26.3. The molecule has 5 aromatic rings. The smallest absolute Gasteiger partial charge is 0.283 e. The normalized spacial score (nSPS) is 14.7. The van der Waals surface area contributed by atoms with Gasteiger partial charge in [-0.25, -0.2) is 14.4 Å². The van der Waals surface area contributed by atoms with Crippen LogP contribution in [-0.2, 0) is 13.5 Å². The molecule has 38 heavy (non-hydrogen) atoms. The quantitative estimate of drug-likeness (QED) is 0.235. The summed E-state index contributed by atoms with van der Waals surface area (Å²) in [7, 11) is 1.89. The van der Waals surface area contributed by atoms with Gasteiger partial charge in [-0.15, -0.1) is 11.3 Å². The number of benzene rings is 3. The largest absolute Gasteiger partial charge is 0.297 e. The van der Waals surface area contributed by atoms with Gasteiger partial charge >= 0.3 is 0 Å². The number of thiazole rings is 1. The van der Waals surface area contributed by atoms with Crippen LogP contribution < -0.4 is 10.4 Å². The molecule has 0 atom stereocenters. The van der Waals surface area contributed by atoms with Crippen LogP contribution in [0.1, 0.15) is 29.7 Å². The van der Waals surface area contributed by atoms with Gasteiger partial charge in [-0.1, -0.05) is 70.5 Å². The summed E-state index contributed by atoms with van der Waals surface area (Å²) in [5.41, 5.74) is 7.37.